The number of carbonyl (C=O) groups excluding carboxylic acids is 1. The van der Waals surface area contributed by atoms with Gasteiger partial charge in [-0.05, 0) is 40.2 Å². The van der Waals surface area contributed by atoms with E-state index in [9.17, 15) is 4.79 Å². The zero-order chi connectivity index (χ0) is 16.7. The second-order valence-electron chi connectivity index (χ2n) is 5.62. The lowest BCUT2D eigenvalue weighted by atomic mass is 10.0. The summed E-state index contributed by atoms with van der Waals surface area (Å²) in [7, 11) is 0. The first-order chi connectivity index (χ1) is 11.6. The first-order valence-electron chi connectivity index (χ1n) is 7.48. The van der Waals surface area contributed by atoms with Crippen LogP contribution in [0, 0.1) is 0 Å². The quantitative estimate of drug-likeness (QED) is 0.691. The number of amides is 1. The molecular weight excluding hydrogens is 394 g/mol. The number of halogens is 2. The molecule has 1 aliphatic heterocycles. The van der Waals surface area contributed by atoms with Gasteiger partial charge in [-0.25, -0.2) is 0 Å². The Morgan fingerprint density at radius 3 is 2.96 bits per heavy atom. The molecule has 1 aromatic carbocycles. The normalized spacial score (nSPS) is 13.8. The Kier molecular flexibility index (Phi) is 3.94. The van der Waals surface area contributed by atoms with Crippen LogP contribution in [0.1, 0.15) is 21.8 Å². The van der Waals surface area contributed by atoms with E-state index in [4.69, 9.17) is 16.0 Å². The Hall–Kier alpha value is -2.05. The Morgan fingerprint density at radius 2 is 2.21 bits per heavy atom. The van der Waals surface area contributed by atoms with E-state index < -0.39 is 0 Å². The van der Waals surface area contributed by atoms with Crippen LogP contribution in [-0.4, -0.2) is 27.5 Å². The minimum Gasteiger partial charge on any atom is -0.444 e. The van der Waals surface area contributed by atoms with Gasteiger partial charge in [0, 0.05) is 34.8 Å². The average molecular weight is 407 g/mol. The van der Waals surface area contributed by atoms with Gasteiger partial charge in [0.15, 0.2) is 10.4 Å². The smallest absolute Gasteiger partial charge is 0.289 e. The zero-order valence-electron chi connectivity index (χ0n) is 12.6. The molecule has 7 heteroatoms. The van der Waals surface area contributed by atoms with Crippen molar-refractivity contribution in [3.05, 3.63) is 63.1 Å². The molecular formula is C17H13BrClN3O2. The molecule has 3 heterocycles. The zero-order valence-corrected chi connectivity index (χ0v) is 14.9. The van der Waals surface area contributed by atoms with Crippen molar-refractivity contribution in [3.8, 4) is 11.3 Å². The highest BCUT2D eigenvalue weighted by Crippen LogP contribution is 2.30. The summed E-state index contributed by atoms with van der Waals surface area (Å²) in [5, 5.41) is 8.17. The lowest BCUT2D eigenvalue weighted by Crippen LogP contribution is -2.35. The minimum atomic E-state index is -0.121. The molecule has 4 rings (SSSR count). The van der Waals surface area contributed by atoms with Crippen LogP contribution in [-0.2, 0) is 13.0 Å². The van der Waals surface area contributed by atoms with Gasteiger partial charge in [0.25, 0.3) is 5.91 Å². The molecule has 0 unspecified atom stereocenters. The third-order valence-corrected chi connectivity index (χ3v) is 4.76. The number of rotatable bonds is 2. The number of nitrogens with one attached hydrogen (secondary N) is 1. The summed E-state index contributed by atoms with van der Waals surface area (Å²) < 4.78 is 5.93. The molecule has 122 valence electrons. The van der Waals surface area contributed by atoms with E-state index >= 15 is 0 Å². The summed E-state index contributed by atoms with van der Waals surface area (Å²) in [5.41, 5.74) is 3.87. The highest BCUT2D eigenvalue weighted by molar-refractivity contribution is 9.10. The number of benzene rings is 1. The molecule has 1 amide bonds. The van der Waals surface area contributed by atoms with Crippen molar-refractivity contribution in [1.82, 2.24) is 15.1 Å². The van der Waals surface area contributed by atoms with Crippen LogP contribution >= 0.6 is 27.5 Å². The van der Waals surface area contributed by atoms with E-state index in [-0.39, 0.29) is 5.91 Å². The number of hydrogen-bond acceptors (Lipinski definition) is 3. The number of furan rings is 1. The van der Waals surface area contributed by atoms with E-state index in [0.29, 0.717) is 28.5 Å². The Balaban J connectivity index is 1.65. The van der Waals surface area contributed by atoms with Crippen molar-refractivity contribution in [2.45, 2.75) is 13.0 Å². The molecule has 3 aromatic rings. The third kappa shape index (κ3) is 2.76. The van der Waals surface area contributed by atoms with Crippen molar-refractivity contribution in [1.29, 1.82) is 0 Å². The van der Waals surface area contributed by atoms with Gasteiger partial charge in [0.05, 0.1) is 12.2 Å². The Bertz CT molecular complexity index is 918. The molecule has 2 aromatic heterocycles. The maximum absolute atomic E-state index is 12.6. The van der Waals surface area contributed by atoms with Gasteiger partial charge >= 0.3 is 0 Å². The van der Waals surface area contributed by atoms with Crippen LogP contribution in [0.3, 0.4) is 0 Å². The van der Waals surface area contributed by atoms with Crippen molar-refractivity contribution >= 4 is 33.4 Å². The molecule has 0 saturated carbocycles. The first kappa shape index (κ1) is 15.5. The number of H-pyrrole nitrogens is 1. The fourth-order valence-corrected chi connectivity index (χ4v) is 3.42. The van der Waals surface area contributed by atoms with E-state index in [1.54, 1.807) is 17.0 Å². The van der Waals surface area contributed by atoms with Gasteiger partial charge in [-0.1, -0.05) is 23.7 Å². The van der Waals surface area contributed by atoms with Crippen molar-refractivity contribution in [3.63, 3.8) is 0 Å². The third-order valence-electron chi connectivity index (χ3n) is 4.10. The molecule has 0 bridgehead atoms. The van der Waals surface area contributed by atoms with Crippen LogP contribution in [0.5, 0.6) is 0 Å². The first-order valence-corrected chi connectivity index (χ1v) is 8.65. The molecule has 0 spiro atoms. The number of aromatic amines is 1. The van der Waals surface area contributed by atoms with Crippen molar-refractivity contribution in [2.75, 3.05) is 6.54 Å². The van der Waals surface area contributed by atoms with E-state index in [1.807, 2.05) is 24.3 Å². The van der Waals surface area contributed by atoms with E-state index in [0.717, 1.165) is 28.9 Å². The molecule has 0 aliphatic carbocycles. The monoisotopic (exact) mass is 405 g/mol. The van der Waals surface area contributed by atoms with Gasteiger partial charge in [-0.2, -0.15) is 5.10 Å². The lowest BCUT2D eigenvalue weighted by Gasteiger charge is -2.26. The molecule has 0 atom stereocenters. The Labute approximate surface area is 151 Å². The molecule has 1 N–H and O–H groups in total. The van der Waals surface area contributed by atoms with Crippen LogP contribution in [0.25, 0.3) is 11.3 Å². The number of carbonyl (C=O) groups is 1. The van der Waals surface area contributed by atoms with Crippen LogP contribution in [0.2, 0.25) is 5.02 Å². The second-order valence-corrected chi connectivity index (χ2v) is 6.84. The largest absolute Gasteiger partial charge is 0.444 e. The fourth-order valence-electron chi connectivity index (χ4n) is 2.93. The van der Waals surface area contributed by atoms with E-state index in [1.165, 1.54) is 0 Å². The number of aromatic nitrogens is 2. The minimum absolute atomic E-state index is 0.121. The maximum atomic E-state index is 12.6. The highest BCUT2D eigenvalue weighted by atomic mass is 79.9. The van der Waals surface area contributed by atoms with Crippen molar-refractivity contribution in [2.24, 2.45) is 0 Å². The predicted molar refractivity (Wildman–Crippen MR) is 93.9 cm³/mol. The molecule has 24 heavy (non-hydrogen) atoms. The lowest BCUT2D eigenvalue weighted by molar-refractivity contribution is 0.0701. The summed E-state index contributed by atoms with van der Waals surface area (Å²) >= 11 is 9.32. The summed E-state index contributed by atoms with van der Waals surface area (Å²) in [6.07, 6.45) is 0.733. The van der Waals surface area contributed by atoms with Gasteiger partial charge < -0.3 is 9.32 Å². The summed E-state index contributed by atoms with van der Waals surface area (Å²) in [5.74, 6) is 0.211. The summed E-state index contributed by atoms with van der Waals surface area (Å²) in [6, 6.07) is 11.0. The van der Waals surface area contributed by atoms with Gasteiger partial charge in [-0.15, -0.1) is 0 Å². The maximum Gasteiger partial charge on any atom is 0.289 e. The summed E-state index contributed by atoms with van der Waals surface area (Å²) in [6.45, 7) is 1.12. The van der Waals surface area contributed by atoms with Gasteiger partial charge in [-0.3, -0.25) is 9.89 Å². The predicted octanol–water partition coefficient (Wildman–Crippen LogP) is 4.28. The van der Waals surface area contributed by atoms with Gasteiger partial charge in [0.2, 0.25) is 0 Å². The number of hydrogen-bond donors (Lipinski definition) is 1. The molecule has 0 saturated heterocycles. The van der Waals surface area contributed by atoms with Crippen LogP contribution in [0.4, 0.5) is 0 Å². The summed E-state index contributed by atoms with van der Waals surface area (Å²) in [4.78, 5) is 14.4. The number of fused-ring (bicyclic) bond motifs is 1. The molecule has 0 radical (unpaired) electrons. The second kappa shape index (κ2) is 6.11. The Morgan fingerprint density at radius 1 is 1.33 bits per heavy atom. The topological polar surface area (TPSA) is 62.1 Å². The highest BCUT2D eigenvalue weighted by Gasteiger charge is 2.27. The molecule has 0 fully saturated rings. The standard InChI is InChI=1S/C17H13BrClN3O2/c18-15-5-4-14(24-15)17(23)22-7-6-13-12(9-22)16(21-20-13)10-2-1-3-11(19)8-10/h1-5,8H,6-7,9H2,(H,20,21). The SMILES string of the molecule is O=C(c1ccc(Br)o1)N1CCc2[nH]nc(-c3cccc(Cl)c3)c2C1. The number of nitrogens with zero attached hydrogens (tertiary/aromatic N) is 2. The van der Waals surface area contributed by atoms with Crippen LogP contribution < -0.4 is 0 Å². The van der Waals surface area contributed by atoms with Crippen molar-refractivity contribution < 1.29 is 9.21 Å². The van der Waals surface area contributed by atoms with Crippen LogP contribution in [0.15, 0.2) is 45.5 Å². The van der Waals surface area contributed by atoms with Gasteiger partial charge in [0.1, 0.15) is 0 Å². The van der Waals surface area contributed by atoms with E-state index in [2.05, 4.69) is 26.1 Å². The molecule has 5 nitrogen and oxygen atoms in total. The molecule has 1 aliphatic rings. The average Bonchev–Trinajstić information content (AvgIpc) is 3.19. The fraction of sp³-hybridized carbons (Fsp3) is 0.176.